The van der Waals surface area contributed by atoms with Gasteiger partial charge >= 0.3 is 0 Å². The molecule has 12 heteroatoms. The lowest BCUT2D eigenvalue weighted by Crippen LogP contribution is -2.40. The van der Waals surface area contributed by atoms with Gasteiger partial charge in [0.05, 0.1) is 12.2 Å². The van der Waals surface area contributed by atoms with E-state index in [9.17, 15) is 14.4 Å². The fourth-order valence-corrected chi connectivity index (χ4v) is 5.49. The van der Waals surface area contributed by atoms with Gasteiger partial charge in [-0.15, -0.1) is 5.10 Å². The van der Waals surface area contributed by atoms with Crippen LogP contribution in [0.25, 0.3) is 16.9 Å². The van der Waals surface area contributed by atoms with E-state index in [1.807, 2.05) is 35.5 Å². The molecule has 0 saturated carbocycles. The summed E-state index contributed by atoms with van der Waals surface area (Å²) in [6.07, 6.45) is 1.61. The number of aryl methyl sites for hydroxylation is 1. The van der Waals surface area contributed by atoms with Gasteiger partial charge in [0.2, 0.25) is 5.91 Å². The molecule has 39 heavy (non-hydrogen) atoms. The van der Waals surface area contributed by atoms with Crippen molar-refractivity contribution < 1.29 is 9.18 Å². The van der Waals surface area contributed by atoms with Gasteiger partial charge in [-0.25, -0.2) is 14.4 Å². The summed E-state index contributed by atoms with van der Waals surface area (Å²) in [6.45, 7) is 3.93. The number of anilines is 3. The van der Waals surface area contributed by atoms with E-state index in [2.05, 4.69) is 16.3 Å². The Morgan fingerprint density at radius 2 is 1.97 bits per heavy atom. The van der Waals surface area contributed by atoms with Crippen molar-refractivity contribution in [3.8, 4) is 17.3 Å². The second-order valence-electron chi connectivity index (χ2n) is 9.65. The van der Waals surface area contributed by atoms with Crippen LogP contribution >= 0.6 is 11.3 Å². The van der Waals surface area contributed by atoms with E-state index < -0.39 is 0 Å². The monoisotopic (exact) mass is 547 g/mol. The van der Waals surface area contributed by atoms with Crippen LogP contribution in [0, 0.1) is 17.1 Å². The van der Waals surface area contributed by atoms with E-state index in [1.54, 1.807) is 31.1 Å². The van der Waals surface area contributed by atoms with Crippen molar-refractivity contribution in [3.05, 3.63) is 52.8 Å². The molecule has 1 amide bonds. The maximum absolute atomic E-state index is 13.5. The van der Waals surface area contributed by atoms with Crippen LogP contribution in [-0.2, 0) is 11.2 Å². The minimum atomic E-state index is -0.341. The number of nitrogens with zero attached hydrogens (tertiary/aromatic N) is 8. The standard InChI is InChI=1S/C27H30FN9OS/c1-5-20-26(35(4)27-32-25(21(14-29)39-27)17-6-8-18(28)9-7-17)37-22(31-20)10-11-23(33-37)36-13-12-19(16-36)30-15-24(38)34(2)3/h6-11,19,30H,5,12-13,15-16H2,1-4H3/t19-/m1/s1. The molecule has 1 atom stereocenters. The number of hydrogen-bond acceptors (Lipinski definition) is 9. The number of likely N-dealkylation sites (N-methyl/N-ethyl adjacent to an activating group) is 1. The molecule has 4 heterocycles. The van der Waals surface area contributed by atoms with Gasteiger partial charge in [-0.3, -0.25) is 4.79 Å². The highest BCUT2D eigenvalue weighted by atomic mass is 32.1. The molecule has 1 aromatic carbocycles. The number of halogens is 1. The average molecular weight is 548 g/mol. The number of nitrogens with one attached hydrogen (secondary N) is 1. The molecule has 0 aliphatic carbocycles. The number of rotatable bonds is 8. The van der Waals surface area contributed by atoms with E-state index in [-0.39, 0.29) is 17.8 Å². The number of nitriles is 1. The third-order valence-electron chi connectivity index (χ3n) is 6.84. The number of thiazole rings is 1. The number of aromatic nitrogens is 4. The van der Waals surface area contributed by atoms with Gasteiger partial charge < -0.3 is 20.0 Å². The Hall–Kier alpha value is -4.08. The van der Waals surface area contributed by atoms with Crippen molar-refractivity contribution in [1.29, 1.82) is 5.26 Å². The van der Waals surface area contributed by atoms with Crippen molar-refractivity contribution >= 4 is 39.7 Å². The predicted octanol–water partition coefficient (Wildman–Crippen LogP) is 3.45. The van der Waals surface area contributed by atoms with Crippen molar-refractivity contribution in [1.82, 2.24) is 29.8 Å². The summed E-state index contributed by atoms with van der Waals surface area (Å²) in [7, 11) is 5.40. The fourth-order valence-electron chi connectivity index (χ4n) is 4.65. The summed E-state index contributed by atoms with van der Waals surface area (Å²) in [5.41, 5.74) is 2.79. The first kappa shape index (κ1) is 26.5. The average Bonchev–Trinajstić information content (AvgIpc) is 3.68. The van der Waals surface area contributed by atoms with Crippen LogP contribution < -0.4 is 15.1 Å². The van der Waals surface area contributed by atoms with Crippen molar-refractivity contribution in [3.63, 3.8) is 0 Å². The molecule has 0 spiro atoms. The first-order valence-electron chi connectivity index (χ1n) is 12.8. The molecule has 10 nitrogen and oxygen atoms in total. The highest BCUT2D eigenvalue weighted by Crippen LogP contribution is 2.37. The van der Waals surface area contributed by atoms with Crippen molar-refractivity contribution in [2.24, 2.45) is 0 Å². The first-order valence-corrected chi connectivity index (χ1v) is 13.6. The number of amides is 1. The number of carbonyl (C=O) groups is 1. The van der Waals surface area contributed by atoms with Gasteiger partial charge in [-0.05, 0) is 49.2 Å². The molecule has 1 N–H and O–H groups in total. The summed E-state index contributed by atoms with van der Waals surface area (Å²) < 4.78 is 15.3. The molecule has 1 aliphatic heterocycles. The number of fused-ring (bicyclic) bond motifs is 1. The number of imidazole rings is 1. The summed E-state index contributed by atoms with van der Waals surface area (Å²) in [6, 6.07) is 12.3. The zero-order valence-corrected chi connectivity index (χ0v) is 23.2. The molecule has 202 valence electrons. The molecule has 3 aromatic heterocycles. The molecule has 1 aliphatic rings. The third-order valence-corrected chi connectivity index (χ3v) is 7.87. The van der Waals surface area contributed by atoms with Crippen LogP contribution in [0.2, 0.25) is 0 Å². The van der Waals surface area contributed by atoms with Crippen molar-refractivity contribution in [2.45, 2.75) is 25.8 Å². The largest absolute Gasteiger partial charge is 0.354 e. The molecule has 1 saturated heterocycles. The fraction of sp³-hybridized carbons (Fsp3) is 0.370. The maximum Gasteiger partial charge on any atom is 0.236 e. The van der Waals surface area contributed by atoms with E-state index in [1.165, 1.54) is 23.5 Å². The Balaban J connectivity index is 1.44. The predicted molar refractivity (Wildman–Crippen MR) is 150 cm³/mol. The molecular weight excluding hydrogens is 517 g/mol. The van der Waals surface area contributed by atoms with E-state index in [0.717, 1.165) is 42.5 Å². The number of hydrogen-bond donors (Lipinski definition) is 1. The Morgan fingerprint density at radius 3 is 2.67 bits per heavy atom. The summed E-state index contributed by atoms with van der Waals surface area (Å²) in [4.78, 5) is 27.7. The zero-order valence-electron chi connectivity index (χ0n) is 22.3. The lowest BCUT2D eigenvalue weighted by atomic mass is 10.1. The minimum absolute atomic E-state index is 0.0514. The van der Waals surface area contributed by atoms with E-state index >= 15 is 0 Å². The van der Waals surface area contributed by atoms with Gasteiger partial charge in [-0.2, -0.15) is 9.78 Å². The number of benzene rings is 1. The maximum atomic E-state index is 13.5. The SMILES string of the molecule is CCc1nc2ccc(N3CC[C@@H](NCC(=O)N(C)C)C3)nn2c1N(C)c1nc(-c2ccc(F)cc2)c(C#N)s1. The lowest BCUT2D eigenvalue weighted by molar-refractivity contribution is -0.127. The van der Waals surface area contributed by atoms with Crippen molar-refractivity contribution in [2.75, 3.05) is 50.6 Å². The molecule has 0 unspecified atom stereocenters. The van der Waals surface area contributed by atoms with E-state index in [0.29, 0.717) is 34.2 Å². The Kier molecular flexibility index (Phi) is 7.45. The van der Waals surface area contributed by atoms with Crippen LogP contribution in [0.3, 0.4) is 0 Å². The summed E-state index contributed by atoms with van der Waals surface area (Å²) in [5.74, 6) is 1.32. The van der Waals surface area contributed by atoms with E-state index in [4.69, 9.17) is 15.1 Å². The van der Waals surface area contributed by atoms with Crippen LogP contribution in [0.5, 0.6) is 0 Å². The number of carbonyl (C=O) groups excluding carboxylic acids is 1. The van der Waals surface area contributed by atoms with Crippen LogP contribution in [0.1, 0.15) is 23.9 Å². The summed E-state index contributed by atoms with van der Waals surface area (Å²) >= 11 is 1.27. The Morgan fingerprint density at radius 1 is 1.21 bits per heavy atom. The Bertz CT molecular complexity index is 1540. The van der Waals surface area contributed by atoms with Gasteiger partial charge in [0.15, 0.2) is 16.6 Å². The molecule has 5 rings (SSSR count). The topological polar surface area (TPSA) is 106 Å². The van der Waals surface area contributed by atoms with Gasteiger partial charge in [0, 0.05) is 45.8 Å². The normalized spacial score (nSPS) is 15.1. The second kappa shape index (κ2) is 11.0. The van der Waals surface area contributed by atoms with Crippen LogP contribution in [0.4, 0.5) is 21.2 Å². The van der Waals surface area contributed by atoms with Crippen LogP contribution in [-0.4, -0.2) is 77.2 Å². The lowest BCUT2D eigenvalue weighted by Gasteiger charge is -2.20. The molecular formula is C27H30FN9OS. The first-order chi connectivity index (χ1) is 18.8. The smallest absolute Gasteiger partial charge is 0.236 e. The molecule has 0 bridgehead atoms. The minimum Gasteiger partial charge on any atom is -0.354 e. The van der Waals surface area contributed by atoms with Gasteiger partial charge in [0.1, 0.15) is 28.3 Å². The third kappa shape index (κ3) is 5.28. The summed E-state index contributed by atoms with van der Waals surface area (Å²) in [5, 5.41) is 18.7. The Labute approximate surface area is 230 Å². The van der Waals surface area contributed by atoms with Gasteiger partial charge in [-0.1, -0.05) is 18.3 Å². The van der Waals surface area contributed by atoms with Gasteiger partial charge in [0.25, 0.3) is 0 Å². The molecule has 4 aromatic rings. The molecule has 1 fully saturated rings. The zero-order chi connectivity index (χ0) is 27.7. The van der Waals surface area contributed by atoms with Crippen LogP contribution in [0.15, 0.2) is 36.4 Å². The highest BCUT2D eigenvalue weighted by Gasteiger charge is 2.26. The highest BCUT2D eigenvalue weighted by molar-refractivity contribution is 7.16. The second-order valence-corrected chi connectivity index (χ2v) is 10.6. The quantitative estimate of drug-likeness (QED) is 0.358. The molecule has 0 radical (unpaired) electrons.